The molecule has 4 fully saturated rings. The zero-order chi connectivity index (χ0) is 18.6. The van der Waals surface area contributed by atoms with Gasteiger partial charge in [0.2, 0.25) is 0 Å². The Balaban J connectivity index is 1.82. The van der Waals surface area contributed by atoms with E-state index in [4.69, 9.17) is 5.11 Å². The number of carbonyl (C=O) groups excluding carboxylic acids is 1. The van der Waals surface area contributed by atoms with Crippen LogP contribution in [0.1, 0.15) is 26.7 Å². The normalized spacial score (nSPS) is 44.6. The van der Waals surface area contributed by atoms with Gasteiger partial charge in [-0.25, -0.2) is 0 Å². The molecule has 0 aromatic rings. The molecule has 0 spiro atoms. The molecule has 0 aromatic carbocycles. The molecule has 0 amide bonds. The van der Waals surface area contributed by atoms with E-state index in [1.165, 1.54) is 0 Å². The van der Waals surface area contributed by atoms with E-state index < -0.39 is 48.0 Å². The fraction of sp³-hybridized carbons (Fsp3) is 0.941. The van der Waals surface area contributed by atoms with E-state index in [9.17, 15) is 25.2 Å². The summed E-state index contributed by atoms with van der Waals surface area (Å²) in [5, 5.41) is 49.3. The highest BCUT2D eigenvalue weighted by molar-refractivity contribution is 5.93. The van der Waals surface area contributed by atoms with Crippen molar-refractivity contribution in [1.29, 1.82) is 0 Å². The topological polar surface area (TPSA) is 125 Å². The molecule has 4 rings (SSSR count). The van der Waals surface area contributed by atoms with E-state index in [2.05, 4.69) is 6.92 Å². The summed E-state index contributed by atoms with van der Waals surface area (Å²) in [6, 6.07) is 0. The predicted molar refractivity (Wildman–Crippen MR) is 88.5 cm³/mol. The molecular weight excluding hydrogens is 328 g/mol. The van der Waals surface area contributed by atoms with E-state index in [1.807, 2.05) is 16.7 Å². The second kappa shape index (κ2) is 6.53. The Labute approximate surface area is 147 Å². The highest BCUT2D eigenvalue weighted by Gasteiger charge is 2.64. The summed E-state index contributed by atoms with van der Waals surface area (Å²) in [5.41, 5.74) is -0.902. The molecule has 8 nitrogen and oxygen atoms in total. The first-order valence-corrected chi connectivity index (χ1v) is 9.05. The average molecular weight is 358 g/mol. The van der Waals surface area contributed by atoms with Crippen molar-refractivity contribution in [2.45, 2.75) is 57.3 Å². The average Bonchev–Trinajstić information content (AvgIpc) is 2.56. The number of aliphatic hydroxyl groups is 5. The maximum Gasteiger partial charge on any atom is 0.150 e. The first-order chi connectivity index (χ1) is 11.7. The van der Waals surface area contributed by atoms with Gasteiger partial charge in [-0.1, -0.05) is 20.3 Å². The number of carbonyl (C=O) groups is 1. The van der Waals surface area contributed by atoms with Crippen molar-refractivity contribution >= 4 is 5.78 Å². The predicted octanol–water partition coefficient (Wildman–Crippen LogP) is -2.24. The number of nitrogens with zero attached hydrogens (tertiary/aromatic N) is 2. The summed E-state index contributed by atoms with van der Waals surface area (Å²) in [6.45, 7) is 5.43. The van der Waals surface area contributed by atoms with E-state index in [0.717, 1.165) is 12.8 Å². The van der Waals surface area contributed by atoms with Crippen LogP contribution in [0.3, 0.4) is 0 Å². The standard InChI is InChI=1S/C17H30N2O6/c1-3-4-17-8-18-6-16(2,15(17)25)7-19(9-17)14(18)13(24)12(23)11(22)10(21)5-20/h10-14,20-24H,3-9H2,1-2H3/t10-,11-,12+,13-,14?,16?,17?/m1/s1. The van der Waals surface area contributed by atoms with Crippen molar-refractivity contribution in [2.24, 2.45) is 10.8 Å². The molecule has 4 aliphatic heterocycles. The van der Waals surface area contributed by atoms with Crippen LogP contribution in [0.15, 0.2) is 0 Å². The van der Waals surface area contributed by atoms with Crippen molar-refractivity contribution in [1.82, 2.24) is 9.80 Å². The number of hydrogen-bond acceptors (Lipinski definition) is 8. The van der Waals surface area contributed by atoms with Crippen LogP contribution < -0.4 is 0 Å². The molecule has 4 bridgehead atoms. The molecule has 4 saturated heterocycles. The van der Waals surface area contributed by atoms with Gasteiger partial charge in [-0.3, -0.25) is 14.6 Å². The van der Waals surface area contributed by atoms with Crippen LogP contribution >= 0.6 is 0 Å². The molecular formula is C17H30N2O6. The third-order valence-electron chi connectivity index (χ3n) is 6.21. The van der Waals surface area contributed by atoms with Gasteiger partial charge in [-0.15, -0.1) is 0 Å². The van der Waals surface area contributed by atoms with Crippen LogP contribution in [-0.4, -0.2) is 104 Å². The zero-order valence-electron chi connectivity index (χ0n) is 14.9. The Bertz CT molecular complexity index is 513. The molecule has 2 unspecified atom stereocenters. The summed E-state index contributed by atoms with van der Waals surface area (Å²) in [7, 11) is 0. The van der Waals surface area contributed by atoms with Crippen molar-refractivity contribution in [3.63, 3.8) is 0 Å². The van der Waals surface area contributed by atoms with Gasteiger partial charge < -0.3 is 25.5 Å². The Morgan fingerprint density at radius 3 is 2.12 bits per heavy atom. The maximum atomic E-state index is 13.0. The van der Waals surface area contributed by atoms with Gasteiger partial charge in [-0.05, 0) is 6.42 Å². The minimum Gasteiger partial charge on any atom is -0.394 e. The minimum atomic E-state index is -1.64. The highest BCUT2D eigenvalue weighted by atomic mass is 16.4. The van der Waals surface area contributed by atoms with Crippen LogP contribution in [-0.2, 0) is 4.79 Å². The van der Waals surface area contributed by atoms with Gasteiger partial charge >= 0.3 is 0 Å². The van der Waals surface area contributed by atoms with E-state index in [1.54, 1.807) is 0 Å². The van der Waals surface area contributed by atoms with Gasteiger partial charge in [0.25, 0.3) is 0 Å². The molecule has 0 radical (unpaired) electrons. The number of aliphatic hydroxyl groups excluding tert-OH is 5. The second-order valence-corrected chi connectivity index (χ2v) is 8.37. The SMILES string of the molecule is CCCC12CN3CC(C)(CN(C1)C3[C@H](O)[C@@H](O)[C@H](O)[C@H](O)CO)C2=O. The monoisotopic (exact) mass is 358 g/mol. The molecule has 144 valence electrons. The highest BCUT2D eigenvalue weighted by Crippen LogP contribution is 2.50. The molecule has 0 aliphatic carbocycles. The van der Waals surface area contributed by atoms with E-state index in [0.29, 0.717) is 32.0 Å². The quantitative estimate of drug-likeness (QED) is 0.346. The van der Waals surface area contributed by atoms with Crippen LogP contribution in [0.4, 0.5) is 0 Å². The number of hydrogen-bond donors (Lipinski definition) is 5. The molecule has 4 aliphatic rings. The van der Waals surface area contributed by atoms with Gasteiger partial charge in [-0.2, -0.15) is 0 Å². The first kappa shape index (κ1) is 19.2. The fourth-order valence-corrected chi connectivity index (χ4v) is 5.31. The van der Waals surface area contributed by atoms with Crippen molar-refractivity contribution in [3.8, 4) is 0 Å². The Kier molecular flexibility index (Phi) is 5.00. The smallest absolute Gasteiger partial charge is 0.150 e. The number of piperidine rings is 2. The van der Waals surface area contributed by atoms with Crippen molar-refractivity contribution in [3.05, 3.63) is 0 Å². The van der Waals surface area contributed by atoms with Crippen molar-refractivity contribution in [2.75, 3.05) is 32.8 Å². The van der Waals surface area contributed by atoms with Gasteiger partial charge in [0, 0.05) is 26.2 Å². The number of ketones is 1. The summed E-state index contributed by atoms with van der Waals surface area (Å²) in [5.74, 6) is 0.304. The lowest BCUT2D eigenvalue weighted by Gasteiger charge is -2.66. The lowest BCUT2D eigenvalue weighted by atomic mass is 9.59. The first-order valence-electron chi connectivity index (χ1n) is 9.05. The lowest BCUT2D eigenvalue weighted by Crippen LogP contribution is -2.81. The van der Waals surface area contributed by atoms with Gasteiger partial charge in [0.1, 0.15) is 30.2 Å². The molecule has 8 heteroatoms. The van der Waals surface area contributed by atoms with Gasteiger partial charge in [0.05, 0.1) is 23.6 Å². The maximum absolute atomic E-state index is 13.0. The number of Topliss-reactive ketones (excluding diaryl/α,β-unsaturated/α-hetero) is 1. The lowest BCUT2D eigenvalue weighted by molar-refractivity contribution is -0.231. The second-order valence-electron chi connectivity index (χ2n) is 8.37. The Morgan fingerprint density at radius 1 is 1.08 bits per heavy atom. The van der Waals surface area contributed by atoms with Crippen LogP contribution in [0.5, 0.6) is 0 Å². The fourth-order valence-electron chi connectivity index (χ4n) is 5.31. The van der Waals surface area contributed by atoms with E-state index >= 15 is 0 Å². The summed E-state index contributed by atoms with van der Waals surface area (Å²) < 4.78 is 0. The molecule has 0 aromatic heterocycles. The third-order valence-corrected chi connectivity index (χ3v) is 6.21. The molecule has 25 heavy (non-hydrogen) atoms. The molecule has 5 N–H and O–H groups in total. The van der Waals surface area contributed by atoms with Crippen LogP contribution in [0.2, 0.25) is 0 Å². The number of rotatable bonds is 7. The summed E-state index contributed by atoms with van der Waals surface area (Å²) in [4.78, 5) is 17.0. The van der Waals surface area contributed by atoms with Crippen molar-refractivity contribution < 1.29 is 30.3 Å². The molecule has 0 saturated carbocycles. The largest absolute Gasteiger partial charge is 0.394 e. The molecule has 6 atom stereocenters. The van der Waals surface area contributed by atoms with E-state index in [-0.39, 0.29) is 0 Å². The summed E-state index contributed by atoms with van der Waals surface area (Å²) >= 11 is 0. The zero-order valence-corrected chi connectivity index (χ0v) is 14.9. The molecule has 4 heterocycles. The Morgan fingerprint density at radius 2 is 1.64 bits per heavy atom. The minimum absolute atomic E-state index is 0.304. The van der Waals surface area contributed by atoms with Crippen LogP contribution in [0, 0.1) is 10.8 Å². The van der Waals surface area contributed by atoms with Crippen LogP contribution in [0.25, 0.3) is 0 Å². The Hall–Kier alpha value is -0.610. The third kappa shape index (κ3) is 2.84. The van der Waals surface area contributed by atoms with Gasteiger partial charge in [0.15, 0.2) is 0 Å². The summed E-state index contributed by atoms with van der Waals surface area (Å²) in [6.07, 6.45) is -4.86.